The fourth-order valence-corrected chi connectivity index (χ4v) is 8.75. The van der Waals surface area contributed by atoms with Crippen molar-refractivity contribution in [2.75, 3.05) is 55.5 Å². The average Bonchev–Trinajstić information content (AvgIpc) is 3.86. The summed E-state index contributed by atoms with van der Waals surface area (Å²) < 4.78 is 0. The minimum absolute atomic E-state index is 0.152. The number of hydrogen-bond acceptors (Lipinski definition) is 11. The highest BCUT2D eigenvalue weighted by atomic mass is 35.5. The summed E-state index contributed by atoms with van der Waals surface area (Å²) in [5.41, 5.74) is 1.57. The van der Waals surface area contributed by atoms with Gasteiger partial charge in [0.1, 0.15) is 22.8 Å². The summed E-state index contributed by atoms with van der Waals surface area (Å²) in [6, 6.07) is 5.91. The van der Waals surface area contributed by atoms with Gasteiger partial charge in [-0.3, -0.25) is 9.69 Å². The molecule has 0 spiro atoms. The summed E-state index contributed by atoms with van der Waals surface area (Å²) in [5.74, 6) is 0.848. The van der Waals surface area contributed by atoms with E-state index in [-0.39, 0.29) is 5.92 Å². The first-order chi connectivity index (χ1) is 22.0. The van der Waals surface area contributed by atoms with Gasteiger partial charge in [-0.25, -0.2) is 9.97 Å². The second-order valence-corrected chi connectivity index (χ2v) is 13.9. The van der Waals surface area contributed by atoms with Gasteiger partial charge in [0.15, 0.2) is 11.4 Å². The van der Waals surface area contributed by atoms with E-state index in [0.29, 0.717) is 22.4 Å². The Morgan fingerprint density at radius 2 is 1.76 bits per heavy atom. The molecular formula is C32H44Cl2N6O3S2. The smallest absolute Gasteiger partial charge is 0.185 e. The zero-order valence-electron chi connectivity index (χ0n) is 26.4. The molecule has 13 heteroatoms. The standard InChI is InChI=1S/C17H21ClN4S2.C12H13ClN2O2.C2H6.CH4O/c1-19-17-20-15(14-5-10(18)9-23-14)16(24-17)22-8-12-6-13(22)7-21(12)11-3-2-4-11;13-11-5-10(8-17)6-14-12(11)15-3-1-9(7-16)2-4-15;2*1-2/h5,9,11-13H,2-4,6-8H2,1H3,(H,19,20);5-9H,1-4H2;1-2H3;2H,1H3. The van der Waals surface area contributed by atoms with E-state index in [1.54, 1.807) is 28.7 Å². The van der Waals surface area contributed by atoms with Gasteiger partial charge in [0, 0.05) is 81.5 Å². The number of piperidine rings is 1. The van der Waals surface area contributed by atoms with Crippen LogP contribution in [0.2, 0.25) is 10.0 Å². The molecule has 1 aliphatic carbocycles. The van der Waals surface area contributed by atoms with Crippen molar-refractivity contribution in [1.29, 1.82) is 0 Å². The highest BCUT2D eigenvalue weighted by molar-refractivity contribution is 7.21. The van der Waals surface area contributed by atoms with Crippen LogP contribution in [-0.2, 0) is 4.79 Å². The number of aliphatic hydroxyl groups is 1. The lowest BCUT2D eigenvalue weighted by Gasteiger charge is -2.43. The number of rotatable bonds is 7. The summed E-state index contributed by atoms with van der Waals surface area (Å²) in [6.45, 7) is 7.93. The zero-order valence-corrected chi connectivity index (χ0v) is 29.6. The summed E-state index contributed by atoms with van der Waals surface area (Å²) in [6.07, 6.45) is 10.5. The van der Waals surface area contributed by atoms with E-state index in [9.17, 15) is 9.59 Å². The van der Waals surface area contributed by atoms with Crippen LogP contribution in [0.4, 0.5) is 16.0 Å². The molecule has 7 rings (SSSR count). The van der Waals surface area contributed by atoms with Gasteiger partial charge < -0.3 is 25.0 Å². The second kappa shape index (κ2) is 17.0. The van der Waals surface area contributed by atoms with Gasteiger partial charge in [0.05, 0.1) is 14.9 Å². The van der Waals surface area contributed by atoms with Gasteiger partial charge >= 0.3 is 0 Å². The fraction of sp³-hybridized carbons (Fsp3) is 0.562. The van der Waals surface area contributed by atoms with Crippen molar-refractivity contribution in [2.24, 2.45) is 5.92 Å². The molecule has 0 aromatic carbocycles. The average molecular weight is 696 g/mol. The molecule has 4 fully saturated rings. The predicted octanol–water partition coefficient (Wildman–Crippen LogP) is 6.98. The van der Waals surface area contributed by atoms with Crippen LogP contribution in [0.25, 0.3) is 10.6 Å². The molecule has 2 N–H and O–H groups in total. The first-order valence-electron chi connectivity index (χ1n) is 15.7. The number of anilines is 3. The zero-order chi connectivity index (χ0) is 32.5. The molecule has 1 saturated carbocycles. The van der Waals surface area contributed by atoms with Gasteiger partial charge in [-0.15, -0.1) is 11.3 Å². The Balaban J connectivity index is 0.000000194. The highest BCUT2D eigenvalue weighted by Crippen LogP contribution is 2.47. The Morgan fingerprint density at radius 3 is 2.27 bits per heavy atom. The highest BCUT2D eigenvalue weighted by Gasteiger charge is 2.47. The van der Waals surface area contributed by atoms with Crippen LogP contribution in [0.5, 0.6) is 0 Å². The van der Waals surface area contributed by atoms with E-state index in [2.05, 4.69) is 25.0 Å². The minimum Gasteiger partial charge on any atom is -0.400 e. The summed E-state index contributed by atoms with van der Waals surface area (Å²) in [4.78, 5) is 38.9. The summed E-state index contributed by atoms with van der Waals surface area (Å²) >= 11 is 15.7. The third-order valence-electron chi connectivity index (χ3n) is 8.72. The molecule has 246 valence electrons. The first kappa shape index (κ1) is 35.6. The molecule has 3 aromatic rings. The molecular weight excluding hydrogens is 651 g/mol. The van der Waals surface area contributed by atoms with Crippen molar-refractivity contribution < 1.29 is 14.7 Å². The lowest BCUT2D eigenvalue weighted by Crippen LogP contribution is -2.52. The number of aromatic nitrogens is 2. The molecule has 0 radical (unpaired) electrons. The van der Waals surface area contributed by atoms with Crippen molar-refractivity contribution in [1.82, 2.24) is 14.9 Å². The third kappa shape index (κ3) is 8.18. The van der Waals surface area contributed by atoms with Crippen molar-refractivity contribution in [3.63, 3.8) is 0 Å². The maximum atomic E-state index is 10.7. The van der Waals surface area contributed by atoms with Crippen molar-refractivity contribution in [3.8, 4) is 10.6 Å². The molecule has 45 heavy (non-hydrogen) atoms. The lowest BCUT2D eigenvalue weighted by atomic mass is 9.91. The van der Waals surface area contributed by atoms with Crippen LogP contribution in [0, 0.1) is 5.92 Å². The Morgan fingerprint density at radius 1 is 1.02 bits per heavy atom. The van der Waals surface area contributed by atoms with E-state index >= 15 is 0 Å². The number of aldehydes is 2. The van der Waals surface area contributed by atoms with Gasteiger partial charge in [-0.05, 0) is 44.2 Å². The molecule has 0 amide bonds. The summed E-state index contributed by atoms with van der Waals surface area (Å²) in [5, 5.41) is 15.8. The van der Waals surface area contributed by atoms with Gasteiger partial charge in [0.25, 0.3) is 0 Å². The molecule has 4 aliphatic rings. The van der Waals surface area contributed by atoms with Crippen molar-refractivity contribution >= 4 is 74.4 Å². The maximum Gasteiger partial charge on any atom is 0.185 e. The maximum absolute atomic E-state index is 10.7. The number of hydrogen-bond donors (Lipinski definition) is 2. The minimum atomic E-state index is 0.152. The number of halogens is 2. The Labute approximate surface area is 284 Å². The fourth-order valence-electron chi connectivity index (χ4n) is 6.31. The number of thiazole rings is 1. The number of carbonyl (C=O) groups excluding carboxylic acids is 2. The topological polar surface area (TPSA) is 102 Å². The molecule has 3 aromatic heterocycles. The second-order valence-electron chi connectivity index (χ2n) is 11.2. The van der Waals surface area contributed by atoms with Crippen molar-refractivity contribution in [2.45, 2.75) is 70.5 Å². The van der Waals surface area contributed by atoms with E-state index in [4.69, 9.17) is 33.3 Å². The molecule has 3 saturated heterocycles. The quantitative estimate of drug-likeness (QED) is 0.254. The number of likely N-dealkylation sites (tertiary alicyclic amines) is 1. The molecule has 9 nitrogen and oxygen atoms in total. The first-order valence-corrected chi connectivity index (χ1v) is 18.1. The Kier molecular flexibility index (Phi) is 13.5. The van der Waals surface area contributed by atoms with E-state index in [1.807, 2.05) is 32.3 Å². The number of nitrogens with one attached hydrogen (secondary N) is 1. The van der Waals surface area contributed by atoms with Gasteiger partial charge in [-0.1, -0.05) is 54.8 Å². The number of aliphatic hydroxyl groups excluding tert-OH is 1. The molecule has 6 heterocycles. The normalized spacial score (nSPS) is 21.0. The molecule has 3 aliphatic heterocycles. The Bertz CT molecular complexity index is 1390. The molecule has 2 unspecified atom stereocenters. The van der Waals surface area contributed by atoms with Crippen LogP contribution in [0.1, 0.15) is 62.7 Å². The SMILES string of the molecule is CC.CNc1nc(-c2cc(Cl)cs2)c(N2CC3CC2CN3C2CCC2)s1.CO.O=Cc1cnc(N2CCC(C=O)CC2)c(Cl)c1. The van der Waals surface area contributed by atoms with Crippen LogP contribution in [-0.4, -0.2) is 91.0 Å². The Hall–Kier alpha value is -2.28. The van der Waals surface area contributed by atoms with E-state index < -0.39 is 0 Å². The van der Waals surface area contributed by atoms with Crippen LogP contribution >= 0.6 is 45.9 Å². The predicted molar refractivity (Wildman–Crippen MR) is 189 cm³/mol. The van der Waals surface area contributed by atoms with Crippen molar-refractivity contribution in [3.05, 3.63) is 39.3 Å². The van der Waals surface area contributed by atoms with Crippen LogP contribution in [0.15, 0.2) is 23.7 Å². The number of fused-ring (bicyclic) bond motifs is 2. The number of nitrogens with zero attached hydrogens (tertiary/aromatic N) is 5. The van der Waals surface area contributed by atoms with E-state index in [1.165, 1.54) is 48.3 Å². The van der Waals surface area contributed by atoms with Gasteiger partial charge in [0.2, 0.25) is 0 Å². The van der Waals surface area contributed by atoms with Crippen LogP contribution < -0.4 is 15.1 Å². The number of piperazine rings is 1. The lowest BCUT2D eigenvalue weighted by molar-refractivity contribution is -0.111. The largest absolute Gasteiger partial charge is 0.400 e. The number of thiophene rings is 1. The van der Waals surface area contributed by atoms with E-state index in [0.717, 1.165) is 80.1 Å². The third-order valence-corrected chi connectivity index (χ3v) is 11.4. The molecule has 2 bridgehead atoms. The monoisotopic (exact) mass is 694 g/mol. The number of carbonyl (C=O) groups is 2. The van der Waals surface area contributed by atoms with Gasteiger partial charge in [-0.2, -0.15) is 0 Å². The molecule has 2 atom stereocenters. The summed E-state index contributed by atoms with van der Waals surface area (Å²) in [7, 11) is 2.95. The number of pyridine rings is 1. The van der Waals surface area contributed by atoms with Crippen LogP contribution in [0.3, 0.4) is 0 Å².